The number of aromatic amines is 1. The first-order valence-corrected chi connectivity index (χ1v) is 7.87. The van der Waals surface area contributed by atoms with Crippen molar-refractivity contribution in [3.8, 4) is 0 Å². The zero-order chi connectivity index (χ0) is 14.8. The lowest BCUT2D eigenvalue weighted by Crippen LogP contribution is -2.38. The smallest absolute Gasteiger partial charge is 0.246 e. The van der Waals surface area contributed by atoms with E-state index in [4.69, 9.17) is 18.0 Å². The van der Waals surface area contributed by atoms with Gasteiger partial charge in [0.2, 0.25) is 10.0 Å². The Morgan fingerprint density at radius 2 is 2.11 bits per heavy atom. The zero-order valence-corrected chi connectivity index (χ0v) is 13.2. The largest absolute Gasteiger partial charge is 0.393 e. The number of sulfonamides is 1. The van der Waals surface area contributed by atoms with Crippen molar-refractivity contribution in [1.29, 1.82) is 0 Å². The van der Waals surface area contributed by atoms with Crippen molar-refractivity contribution in [2.75, 3.05) is 13.1 Å². The summed E-state index contributed by atoms with van der Waals surface area (Å²) < 4.78 is 26.6. The lowest BCUT2D eigenvalue weighted by Gasteiger charge is -2.23. The molecule has 3 N–H and O–H groups in total. The normalized spacial score (nSPS) is 13.7. The van der Waals surface area contributed by atoms with E-state index < -0.39 is 10.0 Å². The average molecular weight is 304 g/mol. The Bertz CT molecular complexity index is 546. The summed E-state index contributed by atoms with van der Waals surface area (Å²) in [6.07, 6.45) is 0. The van der Waals surface area contributed by atoms with Crippen LogP contribution in [0.25, 0.3) is 0 Å². The Morgan fingerprint density at radius 3 is 2.47 bits per heavy atom. The summed E-state index contributed by atoms with van der Waals surface area (Å²) in [7, 11) is -3.57. The van der Waals surface area contributed by atoms with Gasteiger partial charge in [-0.2, -0.15) is 9.40 Å². The first-order valence-electron chi connectivity index (χ1n) is 6.02. The Morgan fingerprint density at radius 1 is 1.53 bits per heavy atom. The topological polar surface area (TPSA) is 92.1 Å². The lowest BCUT2D eigenvalue weighted by atomic mass is 10.2. The van der Waals surface area contributed by atoms with Crippen LogP contribution >= 0.6 is 12.2 Å². The molecule has 1 unspecified atom stereocenters. The van der Waals surface area contributed by atoms with Crippen LogP contribution in [-0.4, -0.2) is 41.0 Å². The van der Waals surface area contributed by atoms with Gasteiger partial charge in [-0.25, -0.2) is 8.42 Å². The minimum absolute atomic E-state index is 0.169. The second-order valence-corrected chi connectivity index (χ2v) is 6.87. The molecule has 0 amide bonds. The van der Waals surface area contributed by atoms with Gasteiger partial charge in [0.1, 0.15) is 4.90 Å². The van der Waals surface area contributed by atoms with Crippen LogP contribution in [0.5, 0.6) is 0 Å². The number of thiocarbonyl (C=S) groups is 1. The highest BCUT2D eigenvalue weighted by atomic mass is 32.2. The van der Waals surface area contributed by atoms with E-state index in [1.807, 2.05) is 6.92 Å². The fourth-order valence-corrected chi connectivity index (χ4v) is 3.79. The van der Waals surface area contributed by atoms with Crippen LogP contribution in [0.3, 0.4) is 0 Å². The number of nitrogens with one attached hydrogen (secondary N) is 1. The Labute approximate surface area is 119 Å². The van der Waals surface area contributed by atoms with Crippen LogP contribution in [0.15, 0.2) is 4.90 Å². The average Bonchev–Trinajstić information content (AvgIpc) is 2.65. The molecule has 1 aromatic heterocycles. The van der Waals surface area contributed by atoms with Crippen LogP contribution in [-0.2, 0) is 10.0 Å². The van der Waals surface area contributed by atoms with E-state index in [0.29, 0.717) is 22.9 Å². The van der Waals surface area contributed by atoms with Gasteiger partial charge in [-0.3, -0.25) is 5.10 Å². The number of hydrogen-bond donors (Lipinski definition) is 2. The molecule has 0 saturated heterocycles. The summed E-state index contributed by atoms with van der Waals surface area (Å²) in [5.74, 6) is -0.169. The fraction of sp³-hybridized carbons (Fsp3) is 0.636. The number of aryl methyl sites for hydroxylation is 2. The molecule has 0 bridgehead atoms. The molecule has 0 radical (unpaired) electrons. The monoisotopic (exact) mass is 304 g/mol. The second-order valence-electron chi connectivity index (χ2n) is 4.52. The van der Waals surface area contributed by atoms with Crippen molar-refractivity contribution in [2.45, 2.75) is 32.6 Å². The predicted molar refractivity (Wildman–Crippen MR) is 78.4 cm³/mol. The fourth-order valence-electron chi connectivity index (χ4n) is 1.84. The summed E-state index contributed by atoms with van der Waals surface area (Å²) in [6.45, 7) is 7.60. The molecule has 1 heterocycles. The first kappa shape index (κ1) is 16.1. The molecule has 0 aliphatic heterocycles. The van der Waals surface area contributed by atoms with E-state index in [9.17, 15) is 8.42 Å². The first-order chi connectivity index (χ1) is 8.71. The highest BCUT2D eigenvalue weighted by molar-refractivity contribution is 7.89. The quantitative estimate of drug-likeness (QED) is 0.764. The molecule has 0 saturated carbocycles. The minimum atomic E-state index is -3.57. The number of hydrogen-bond acceptors (Lipinski definition) is 4. The molecular formula is C11H20N4O2S2. The molecule has 1 aromatic rings. The van der Waals surface area contributed by atoms with Gasteiger partial charge in [0.15, 0.2) is 0 Å². The van der Waals surface area contributed by atoms with Crippen LogP contribution in [0.1, 0.15) is 25.2 Å². The van der Waals surface area contributed by atoms with Gasteiger partial charge in [0, 0.05) is 19.0 Å². The zero-order valence-electron chi connectivity index (χ0n) is 11.6. The van der Waals surface area contributed by atoms with Gasteiger partial charge in [0.05, 0.1) is 16.4 Å². The van der Waals surface area contributed by atoms with Gasteiger partial charge in [-0.15, -0.1) is 0 Å². The molecule has 108 valence electrons. The summed E-state index contributed by atoms with van der Waals surface area (Å²) >= 11 is 4.90. The van der Waals surface area contributed by atoms with Crippen LogP contribution in [0, 0.1) is 19.8 Å². The van der Waals surface area contributed by atoms with Gasteiger partial charge in [-0.1, -0.05) is 26.1 Å². The maximum Gasteiger partial charge on any atom is 0.246 e. The van der Waals surface area contributed by atoms with Crippen molar-refractivity contribution in [3.05, 3.63) is 11.4 Å². The van der Waals surface area contributed by atoms with E-state index in [2.05, 4.69) is 10.2 Å². The van der Waals surface area contributed by atoms with E-state index >= 15 is 0 Å². The molecule has 1 atom stereocenters. The molecule has 19 heavy (non-hydrogen) atoms. The summed E-state index contributed by atoms with van der Waals surface area (Å²) in [6, 6.07) is 0. The summed E-state index contributed by atoms with van der Waals surface area (Å²) in [5.41, 5.74) is 6.56. The highest BCUT2D eigenvalue weighted by Gasteiger charge is 2.29. The van der Waals surface area contributed by atoms with Crippen LogP contribution in [0.2, 0.25) is 0 Å². The summed E-state index contributed by atoms with van der Waals surface area (Å²) in [4.78, 5) is 0.554. The second kappa shape index (κ2) is 5.98. The number of nitrogens with zero attached hydrogens (tertiary/aromatic N) is 2. The molecule has 8 heteroatoms. The maximum absolute atomic E-state index is 12.6. The van der Waals surface area contributed by atoms with E-state index in [-0.39, 0.29) is 17.4 Å². The van der Waals surface area contributed by atoms with E-state index in [1.165, 1.54) is 4.31 Å². The van der Waals surface area contributed by atoms with Gasteiger partial charge in [0.25, 0.3) is 0 Å². The Balaban J connectivity index is 3.13. The van der Waals surface area contributed by atoms with Crippen molar-refractivity contribution >= 4 is 27.2 Å². The van der Waals surface area contributed by atoms with Crippen LogP contribution in [0.4, 0.5) is 0 Å². The van der Waals surface area contributed by atoms with E-state index in [1.54, 1.807) is 20.8 Å². The third-order valence-electron chi connectivity index (χ3n) is 2.97. The number of H-pyrrole nitrogens is 1. The molecule has 0 fully saturated rings. The Kier molecular flexibility index (Phi) is 5.05. The van der Waals surface area contributed by atoms with Crippen molar-refractivity contribution in [3.63, 3.8) is 0 Å². The molecule has 0 aliphatic carbocycles. The van der Waals surface area contributed by atoms with Crippen molar-refractivity contribution < 1.29 is 8.42 Å². The molecule has 6 nitrogen and oxygen atoms in total. The van der Waals surface area contributed by atoms with Gasteiger partial charge >= 0.3 is 0 Å². The highest BCUT2D eigenvalue weighted by Crippen LogP contribution is 2.22. The number of nitrogens with two attached hydrogens (primary N) is 1. The lowest BCUT2D eigenvalue weighted by molar-refractivity contribution is 0.405. The van der Waals surface area contributed by atoms with Gasteiger partial charge < -0.3 is 5.73 Å². The third-order valence-corrected chi connectivity index (χ3v) is 5.58. The molecular weight excluding hydrogens is 284 g/mol. The minimum Gasteiger partial charge on any atom is -0.393 e. The number of aromatic nitrogens is 2. The third kappa shape index (κ3) is 3.31. The SMILES string of the molecule is CCN(CC(C)C(N)=S)S(=O)(=O)c1c(C)n[nH]c1C. The van der Waals surface area contributed by atoms with E-state index in [0.717, 1.165) is 0 Å². The molecule has 1 rings (SSSR count). The summed E-state index contributed by atoms with van der Waals surface area (Å²) in [5, 5.41) is 6.62. The van der Waals surface area contributed by atoms with Crippen molar-refractivity contribution in [1.82, 2.24) is 14.5 Å². The molecule has 0 aromatic carbocycles. The number of rotatable bonds is 6. The van der Waals surface area contributed by atoms with Crippen LogP contribution < -0.4 is 5.73 Å². The predicted octanol–water partition coefficient (Wildman–Crippen LogP) is 0.959. The Hall–Kier alpha value is -0.990. The molecule has 0 spiro atoms. The maximum atomic E-state index is 12.6. The van der Waals surface area contributed by atoms with Gasteiger partial charge in [-0.05, 0) is 13.8 Å². The standard InChI is InChI=1S/C11H20N4O2S2/c1-5-15(6-7(2)11(12)18)19(16,17)10-8(3)13-14-9(10)4/h7H,5-6H2,1-4H3,(H2,12,18)(H,13,14). The molecule has 0 aliphatic rings. The van der Waals surface area contributed by atoms with Crippen molar-refractivity contribution in [2.24, 2.45) is 11.7 Å².